The van der Waals surface area contributed by atoms with Gasteiger partial charge in [-0.15, -0.1) is 0 Å². The molecular formula is C25H27NO. The number of nitrogens with one attached hydrogen (secondary N) is 1. The largest absolute Gasteiger partial charge is 0.394 e. The van der Waals surface area contributed by atoms with E-state index in [1.54, 1.807) is 0 Å². The quantitative estimate of drug-likeness (QED) is 0.658. The number of aliphatic hydroxyl groups excluding tert-OH is 1. The lowest BCUT2D eigenvalue weighted by molar-refractivity contribution is 0.0875. The van der Waals surface area contributed by atoms with Crippen molar-refractivity contribution in [2.45, 2.75) is 30.2 Å². The maximum absolute atomic E-state index is 10.8. The molecule has 2 heteroatoms. The molecule has 138 valence electrons. The van der Waals surface area contributed by atoms with Gasteiger partial charge in [0.2, 0.25) is 0 Å². The van der Waals surface area contributed by atoms with Crippen LogP contribution < -0.4 is 5.32 Å². The first kappa shape index (κ1) is 18.0. The van der Waals surface area contributed by atoms with E-state index in [-0.39, 0.29) is 6.61 Å². The summed E-state index contributed by atoms with van der Waals surface area (Å²) in [7, 11) is 0. The van der Waals surface area contributed by atoms with Crippen LogP contribution in [0.5, 0.6) is 0 Å². The number of hydrogen-bond donors (Lipinski definition) is 2. The van der Waals surface area contributed by atoms with Gasteiger partial charge in [-0.1, -0.05) is 97.4 Å². The standard InChI is InChI=1S/C25H27NO/c27-20-24(18-10-11-19-26-24)25(21-12-4-1-5-13-21,22-14-6-2-7-15-22)23-16-8-3-9-17-23/h1-9,12-17,26-27H,10-11,18-20H2/t24-/m1/s1. The van der Waals surface area contributed by atoms with Crippen molar-refractivity contribution in [3.8, 4) is 0 Å². The van der Waals surface area contributed by atoms with Crippen LogP contribution in [0.2, 0.25) is 0 Å². The minimum atomic E-state index is -0.466. The predicted molar refractivity (Wildman–Crippen MR) is 111 cm³/mol. The third-order valence-corrected chi connectivity index (χ3v) is 6.10. The highest BCUT2D eigenvalue weighted by Crippen LogP contribution is 2.50. The van der Waals surface area contributed by atoms with E-state index in [2.05, 4.69) is 96.3 Å². The third kappa shape index (κ3) is 2.90. The minimum absolute atomic E-state index is 0.0890. The fraction of sp³-hybridized carbons (Fsp3) is 0.280. The summed E-state index contributed by atoms with van der Waals surface area (Å²) in [5, 5.41) is 14.6. The molecule has 4 rings (SSSR count). The van der Waals surface area contributed by atoms with Crippen LogP contribution in [0.25, 0.3) is 0 Å². The molecule has 0 spiro atoms. The van der Waals surface area contributed by atoms with Crippen molar-refractivity contribution in [3.05, 3.63) is 108 Å². The molecule has 1 aliphatic rings. The van der Waals surface area contributed by atoms with Gasteiger partial charge in [0.05, 0.1) is 17.6 Å². The zero-order chi connectivity index (χ0) is 18.6. The summed E-state index contributed by atoms with van der Waals surface area (Å²) >= 11 is 0. The first-order valence-electron chi connectivity index (χ1n) is 9.86. The molecule has 3 aromatic rings. The molecule has 1 atom stereocenters. The summed E-state index contributed by atoms with van der Waals surface area (Å²) < 4.78 is 0. The Morgan fingerprint density at radius 1 is 0.704 bits per heavy atom. The highest BCUT2D eigenvalue weighted by Gasteiger charge is 2.54. The van der Waals surface area contributed by atoms with E-state index in [0.29, 0.717) is 0 Å². The van der Waals surface area contributed by atoms with E-state index in [1.807, 2.05) is 0 Å². The molecule has 1 saturated heterocycles. The molecule has 3 aromatic carbocycles. The van der Waals surface area contributed by atoms with Gasteiger partial charge < -0.3 is 10.4 Å². The average molecular weight is 357 g/mol. The summed E-state index contributed by atoms with van der Waals surface area (Å²) in [6.07, 6.45) is 3.19. The topological polar surface area (TPSA) is 32.3 Å². The molecule has 0 aromatic heterocycles. The lowest BCUT2D eigenvalue weighted by Crippen LogP contribution is -2.65. The molecule has 1 aliphatic heterocycles. The first-order chi connectivity index (χ1) is 13.3. The Hall–Kier alpha value is -2.42. The Kier molecular flexibility index (Phi) is 5.11. The fourth-order valence-corrected chi connectivity index (χ4v) is 4.93. The van der Waals surface area contributed by atoms with E-state index < -0.39 is 11.0 Å². The number of benzene rings is 3. The fourth-order valence-electron chi connectivity index (χ4n) is 4.93. The molecule has 0 saturated carbocycles. The van der Waals surface area contributed by atoms with Crippen LogP contribution in [0.4, 0.5) is 0 Å². The van der Waals surface area contributed by atoms with Gasteiger partial charge in [0.25, 0.3) is 0 Å². The van der Waals surface area contributed by atoms with Crippen molar-refractivity contribution in [2.75, 3.05) is 13.2 Å². The Morgan fingerprint density at radius 2 is 1.15 bits per heavy atom. The first-order valence-corrected chi connectivity index (χ1v) is 9.86. The maximum atomic E-state index is 10.8. The predicted octanol–water partition coefficient (Wildman–Crippen LogP) is 4.53. The van der Waals surface area contributed by atoms with Crippen molar-refractivity contribution in [3.63, 3.8) is 0 Å². The molecule has 0 unspecified atom stereocenters. The van der Waals surface area contributed by atoms with Gasteiger partial charge in [-0.2, -0.15) is 0 Å². The molecule has 2 N–H and O–H groups in total. The number of aliphatic hydroxyl groups is 1. The van der Waals surface area contributed by atoms with E-state index in [9.17, 15) is 5.11 Å². The van der Waals surface area contributed by atoms with Gasteiger partial charge in [0.1, 0.15) is 0 Å². The van der Waals surface area contributed by atoms with E-state index in [0.717, 1.165) is 25.8 Å². The number of piperidine rings is 1. The van der Waals surface area contributed by atoms with Crippen LogP contribution >= 0.6 is 0 Å². The zero-order valence-electron chi connectivity index (χ0n) is 15.6. The monoisotopic (exact) mass is 357 g/mol. The minimum Gasteiger partial charge on any atom is -0.394 e. The van der Waals surface area contributed by atoms with Crippen LogP contribution in [0.3, 0.4) is 0 Å². The second kappa shape index (κ2) is 7.67. The highest BCUT2D eigenvalue weighted by molar-refractivity contribution is 5.55. The SMILES string of the molecule is OC[C@@]1(C(c2ccccc2)(c2ccccc2)c2ccccc2)CCCCN1. The van der Waals surface area contributed by atoms with Gasteiger partial charge in [0, 0.05) is 0 Å². The summed E-state index contributed by atoms with van der Waals surface area (Å²) in [6, 6.07) is 32.0. The second-order valence-electron chi connectivity index (χ2n) is 7.47. The van der Waals surface area contributed by atoms with Gasteiger partial charge in [0.15, 0.2) is 0 Å². The van der Waals surface area contributed by atoms with Crippen LogP contribution in [0.1, 0.15) is 36.0 Å². The molecule has 0 radical (unpaired) electrons. The summed E-state index contributed by atoms with van der Waals surface area (Å²) in [5.74, 6) is 0. The van der Waals surface area contributed by atoms with Crippen molar-refractivity contribution in [2.24, 2.45) is 0 Å². The van der Waals surface area contributed by atoms with Gasteiger partial charge in [-0.3, -0.25) is 0 Å². The van der Waals surface area contributed by atoms with Crippen molar-refractivity contribution < 1.29 is 5.11 Å². The van der Waals surface area contributed by atoms with Gasteiger partial charge in [-0.05, 0) is 36.1 Å². The Morgan fingerprint density at radius 3 is 1.48 bits per heavy atom. The highest BCUT2D eigenvalue weighted by atomic mass is 16.3. The molecule has 27 heavy (non-hydrogen) atoms. The zero-order valence-corrected chi connectivity index (χ0v) is 15.6. The lowest BCUT2D eigenvalue weighted by atomic mass is 9.56. The molecule has 0 amide bonds. The Bertz CT molecular complexity index is 743. The number of rotatable bonds is 5. The summed E-state index contributed by atoms with van der Waals surface area (Å²) in [6.45, 7) is 1.01. The van der Waals surface area contributed by atoms with Crippen molar-refractivity contribution in [1.29, 1.82) is 0 Å². The molecule has 2 nitrogen and oxygen atoms in total. The van der Waals surface area contributed by atoms with Crippen molar-refractivity contribution in [1.82, 2.24) is 5.32 Å². The van der Waals surface area contributed by atoms with Gasteiger partial charge in [-0.25, -0.2) is 0 Å². The van der Waals surface area contributed by atoms with E-state index in [4.69, 9.17) is 0 Å². The van der Waals surface area contributed by atoms with E-state index in [1.165, 1.54) is 16.7 Å². The van der Waals surface area contributed by atoms with Crippen LogP contribution in [0.15, 0.2) is 91.0 Å². The number of hydrogen-bond acceptors (Lipinski definition) is 2. The second-order valence-corrected chi connectivity index (χ2v) is 7.47. The van der Waals surface area contributed by atoms with Gasteiger partial charge >= 0.3 is 0 Å². The lowest BCUT2D eigenvalue weighted by Gasteiger charge is -2.53. The van der Waals surface area contributed by atoms with Crippen LogP contribution in [0, 0.1) is 0 Å². The maximum Gasteiger partial charge on any atom is 0.0655 e. The average Bonchev–Trinajstić information content (AvgIpc) is 2.77. The molecule has 0 aliphatic carbocycles. The van der Waals surface area contributed by atoms with Crippen molar-refractivity contribution >= 4 is 0 Å². The summed E-state index contributed by atoms with van der Waals surface area (Å²) in [5.41, 5.74) is 2.73. The summed E-state index contributed by atoms with van der Waals surface area (Å²) in [4.78, 5) is 0. The molecular weight excluding hydrogens is 330 g/mol. The Labute approximate surface area is 161 Å². The molecule has 0 bridgehead atoms. The third-order valence-electron chi connectivity index (χ3n) is 6.10. The Balaban J connectivity index is 2.10. The van der Waals surface area contributed by atoms with E-state index >= 15 is 0 Å². The normalized spacial score (nSPS) is 20.3. The molecule has 1 fully saturated rings. The molecule has 1 heterocycles. The van der Waals surface area contributed by atoms with Crippen LogP contribution in [-0.2, 0) is 5.41 Å². The van der Waals surface area contributed by atoms with Crippen LogP contribution in [-0.4, -0.2) is 23.8 Å². The smallest absolute Gasteiger partial charge is 0.0655 e.